The Labute approximate surface area is 175 Å². The van der Waals surface area contributed by atoms with Gasteiger partial charge in [-0.25, -0.2) is 14.8 Å². The van der Waals surface area contributed by atoms with Crippen molar-refractivity contribution in [3.8, 4) is 5.75 Å². The Balaban J connectivity index is 1.48. The van der Waals surface area contributed by atoms with Gasteiger partial charge in [0.25, 0.3) is 5.56 Å². The summed E-state index contributed by atoms with van der Waals surface area (Å²) in [6, 6.07) is 12.0. The number of fused-ring (bicyclic) bond motifs is 1. The summed E-state index contributed by atoms with van der Waals surface area (Å²) in [5.41, 5.74) is 1.21. The van der Waals surface area contributed by atoms with Crippen LogP contribution in [-0.4, -0.2) is 26.9 Å². The molecule has 0 bridgehead atoms. The molecule has 0 amide bonds. The van der Waals surface area contributed by atoms with Gasteiger partial charge in [0.05, 0.1) is 12.3 Å². The van der Waals surface area contributed by atoms with Gasteiger partial charge >= 0.3 is 5.97 Å². The van der Waals surface area contributed by atoms with Crippen LogP contribution in [0.5, 0.6) is 5.75 Å². The average molecular weight is 422 g/mol. The number of pyridine rings is 1. The second-order valence-electron chi connectivity index (χ2n) is 6.20. The van der Waals surface area contributed by atoms with Gasteiger partial charge in [-0.2, -0.15) is 0 Å². The predicted octanol–water partition coefficient (Wildman–Crippen LogP) is 3.65. The number of aromatic nitrogens is 3. The molecule has 0 aliphatic carbocycles. The zero-order valence-corrected chi connectivity index (χ0v) is 16.9. The number of hydrogen-bond acceptors (Lipinski definition) is 8. The molecule has 0 unspecified atom stereocenters. The van der Waals surface area contributed by atoms with E-state index < -0.39 is 5.97 Å². The van der Waals surface area contributed by atoms with Gasteiger partial charge in [-0.05, 0) is 43.3 Å². The Hall–Kier alpha value is -3.72. The van der Waals surface area contributed by atoms with Gasteiger partial charge in [0.15, 0.2) is 4.96 Å². The molecule has 1 aromatic carbocycles. The highest BCUT2D eigenvalue weighted by Crippen LogP contribution is 2.22. The molecule has 4 aromatic rings. The fourth-order valence-corrected chi connectivity index (χ4v) is 3.53. The zero-order valence-electron chi connectivity index (χ0n) is 16.1. The Morgan fingerprint density at radius 3 is 2.87 bits per heavy atom. The van der Waals surface area contributed by atoms with Crippen LogP contribution < -0.4 is 15.6 Å². The van der Waals surface area contributed by atoms with Crippen LogP contribution in [0.3, 0.4) is 0 Å². The fourth-order valence-electron chi connectivity index (χ4n) is 2.79. The first kappa shape index (κ1) is 19.6. The minimum Gasteiger partial charge on any atom is -0.494 e. The quantitative estimate of drug-likeness (QED) is 0.454. The average Bonchev–Trinajstić information content (AvgIpc) is 3.23. The lowest BCUT2D eigenvalue weighted by atomic mass is 10.2. The third kappa shape index (κ3) is 4.31. The summed E-state index contributed by atoms with van der Waals surface area (Å²) in [4.78, 5) is 33.8. The highest BCUT2D eigenvalue weighted by Gasteiger charge is 2.15. The molecule has 3 aromatic heterocycles. The molecular formula is C21H18N4O4S. The predicted molar refractivity (Wildman–Crippen MR) is 114 cm³/mol. The van der Waals surface area contributed by atoms with Crippen molar-refractivity contribution in [3.05, 3.63) is 81.8 Å². The summed E-state index contributed by atoms with van der Waals surface area (Å²) < 4.78 is 12.3. The number of nitrogens with zero attached hydrogens (tertiary/aromatic N) is 3. The zero-order chi connectivity index (χ0) is 20.9. The van der Waals surface area contributed by atoms with Crippen LogP contribution in [0.4, 0.5) is 11.5 Å². The number of carbonyl (C=O) groups excluding carboxylic acids is 1. The summed E-state index contributed by atoms with van der Waals surface area (Å²) in [5, 5.41) is 4.89. The number of hydrogen-bond donors (Lipinski definition) is 1. The van der Waals surface area contributed by atoms with E-state index >= 15 is 0 Å². The molecule has 8 nitrogen and oxygen atoms in total. The van der Waals surface area contributed by atoms with E-state index in [-0.39, 0.29) is 17.7 Å². The number of anilines is 2. The van der Waals surface area contributed by atoms with Crippen molar-refractivity contribution < 1.29 is 14.3 Å². The van der Waals surface area contributed by atoms with E-state index in [1.165, 1.54) is 21.8 Å². The van der Waals surface area contributed by atoms with Crippen molar-refractivity contribution in [2.75, 3.05) is 11.9 Å². The minimum atomic E-state index is -0.565. The number of thiazole rings is 1. The summed E-state index contributed by atoms with van der Waals surface area (Å²) in [6.45, 7) is 2.40. The van der Waals surface area contributed by atoms with Crippen molar-refractivity contribution in [2.24, 2.45) is 0 Å². The van der Waals surface area contributed by atoms with Gasteiger partial charge in [-0.1, -0.05) is 0 Å². The molecule has 0 radical (unpaired) electrons. The molecule has 0 saturated carbocycles. The molecule has 30 heavy (non-hydrogen) atoms. The van der Waals surface area contributed by atoms with Crippen LogP contribution in [0.2, 0.25) is 0 Å². The molecule has 3 heterocycles. The van der Waals surface area contributed by atoms with E-state index in [0.29, 0.717) is 23.1 Å². The fraction of sp³-hybridized carbons (Fsp3) is 0.143. The molecule has 1 N–H and O–H groups in total. The molecule has 0 aliphatic rings. The lowest BCUT2D eigenvalue weighted by molar-refractivity contribution is 0.0468. The SMILES string of the molecule is CCOc1ccc(Nc2ncccc2C(=O)OCc2cc(=O)n3ccsc3n2)cc1. The monoisotopic (exact) mass is 422 g/mol. The van der Waals surface area contributed by atoms with Crippen LogP contribution >= 0.6 is 11.3 Å². The molecule has 0 atom stereocenters. The third-order valence-electron chi connectivity index (χ3n) is 4.16. The normalized spacial score (nSPS) is 10.7. The maximum absolute atomic E-state index is 12.6. The van der Waals surface area contributed by atoms with Crippen LogP contribution in [0.25, 0.3) is 4.96 Å². The summed E-state index contributed by atoms with van der Waals surface area (Å²) in [7, 11) is 0. The molecule has 0 saturated heterocycles. The number of benzene rings is 1. The van der Waals surface area contributed by atoms with Crippen LogP contribution in [-0.2, 0) is 11.3 Å². The van der Waals surface area contributed by atoms with Crippen LogP contribution in [0, 0.1) is 0 Å². The summed E-state index contributed by atoms with van der Waals surface area (Å²) >= 11 is 1.34. The van der Waals surface area contributed by atoms with E-state index in [1.54, 1.807) is 29.9 Å². The van der Waals surface area contributed by atoms with Crippen molar-refractivity contribution in [1.82, 2.24) is 14.4 Å². The van der Waals surface area contributed by atoms with Crippen molar-refractivity contribution >= 4 is 33.8 Å². The van der Waals surface area contributed by atoms with Gasteiger partial charge in [-0.15, -0.1) is 11.3 Å². The maximum Gasteiger partial charge on any atom is 0.342 e. The molecule has 152 valence electrons. The first-order valence-electron chi connectivity index (χ1n) is 9.22. The standard InChI is InChI=1S/C21H18N4O4S/c1-2-28-16-7-5-14(6-8-16)23-19-17(4-3-9-22-19)20(27)29-13-15-12-18(26)25-10-11-30-21(25)24-15/h3-12H,2,13H2,1H3,(H,22,23). The highest BCUT2D eigenvalue weighted by atomic mass is 32.1. The van der Waals surface area contributed by atoms with Gasteiger partial charge in [0, 0.05) is 29.5 Å². The van der Waals surface area contributed by atoms with Crippen LogP contribution in [0.15, 0.2) is 65.0 Å². The van der Waals surface area contributed by atoms with Crippen LogP contribution in [0.1, 0.15) is 23.0 Å². The van der Waals surface area contributed by atoms with E-state index in [1.807, 2.05) is 31.2 Å². The summed E-state index contributed by atoms with van der Waals surface area (Å²) in [6.07, 6.45) is 3.24. The number of carbonyl (C=O) groups is 1. The second-order valence-corrected chi connectivity index (χ2v) is 7.07. The maximum atomic E-state index is 12.6. The van der Waals surface area contributed by atoms with Gasteiger partial charge < -0.3 is 14.8 Å². The number of esters is 1. The Kier molecular flexibility index (Phi) is 5.71. The first-order chi connectivity index (χ1) is 14.6. The number of rotatable bonds is 7. The van der Waals surface area contributed by atoms with Gasteiger partial charge in [0.1, 0.15) is 23.7 Å². The lowest BCUT2D eigenvalue weighted by Gasteiger charge is -2.11. The Morgan fingerprint density at radius 2 is 2.07 bits per heavy atom. The second kappa shape index (κ2) is 8.75. The Morgan fingerprint density at radius 1 is 1.23 bits per heavy atom. The highest BCUT2D eigenvalue weighted by molar-refractivity contribution is 7.15. The molecule has 0 spiro atoms. The van der Waals surface area contributed by atoms with Gasteiger partial charge in [0.2, 0.25) is 0 Å². The largest absolute Gasteiger partial charge is 0.494 e. The van der Waals surface area contributed by atoms with Crippen molar-refractivity contribution in [3.63, 3.8) is 0 Å². The van der Waals surface area contributed by atoms with E-state index in [4.69, 9.17) is 9.47 Å². The first-order valence-corrected chi connectivity index (χ1v) is 10.1. The minimum absolute atomic E-state index is 0.111. The van der Waals surface area contributed by atoms with E-state index in [2.05, 4.69) is 15.3 Å². The molecular weight excluding hydrogens is 404 g/mol. The van der Waals surface area contributed by atoms with Gasteiger partial charge in [-0.3, -0.25) is 9.20 Å². The molecule has 0 fully saturated rings. The summed E-state index contributed by atoms with van der Waals surface area (Å²) in [5.74, 6) is 0.563. The topological polar surface area (TPSA) is 94.8 Å². The smallest absolute Gasteiger partial charge is 0.342 e. The number of nitrogens with one attached hydrogen (secondary N) is 1. The Bertz CT molecular complexity index is 1230. The molecule has 4 rings (SSSR count). The molecule has 9 heteroatoms. The van der Waals surface area contributed by atoms with Crippen molar-refractivity contribution in [1.29, 1.82) is 0 Å². The van der Waals surface area contributed by atoms with Crippen molar-refractivity contribution in [2.45, 2.75) is 13.5 Å². The number of ether oxygens (including phenoxy) is 2. The third-order valence-corrected chi connectivity index (χ3v) is 4.92. The molecule has 0 aliphatic heterocycles. The lowest BCUT2D eigenvalue weighted by Crippen LogP contribution is -2.15. The van der Waals surface area contributed by atoms with E-state index in [9.17, 15) is 9.59 Å². The van der Waals surface area contributed by atoms with E-state index in [0.717, 1.165) is 11.4 Å².